The summed E-state index contributed by atoms with van der Waals surface area (Å²) in [7, 11) is 0. The molecule has 1 aromatic carbocycles. The van der Waals surface area contributed by atoms with Crippen LogP contribution in [0.3, 0.4) is 0 Å². The summed E-state index contributed by atoms with van der Waals surface area (Å²) in [6.45, 7) is 2.42. The van der Waals surface area contributed by atoms with Gasteiger partial charge in [0.15, 0.2) is 0 Å². The van der Waals surface area contributed by atoms with Crippen LogP contribution in [0.1, 0.15) is 42.0 Å². The molecule has 1 unspecified atom stereocenters. The van der Waals surface area contributed by atoms with Gasteiger partial charge in [-0.2, -0.15) is 0 Å². The molecule has 0 saturated carbocycles. The van der Waals surface area contributed by atoms with E-state index in [4.69, 9.17) is 0 Å². The Morgan fingerprint density at radius 1 is 0.933 bits per heavy atom. The van der Waals surface area contributed by atoms with Crippen molar-refractivity contribution in [1.29, 1.82) is 0 Å². The van der Waals surface area contributed by atoms with Gasteiger partial charge in [0.25, 0.3) is 0 Å². The molecule has 1 atom stereocenters. The second kappa shape index (κ2) is 3.39. The van der Waals surface area contributed by atoms with Crippen molar-refractivity contribution in [3.05, 3.63) is 34.4 Å². The summed E-state index contributed by atoms with van der Waals surface area (Å²) >= 11 is 1.92. The van der Waals surface area contributed by atoms with Gasteiger partial charge in [0.2, 0.25) is 0 Å². The van der Waals surface area contributed by atoms with Gasteiger partial charge < -0.3 is 0 Å². The zero-order valence-corrected chi connectivity index (χ0v) is 11.9. The zero-order valence-electron chi connectivity index (χ0n) is 9.47. The van der Waals surface area contributed by atoms with E-state index in [1.54, 1.807) is 22.3 Å². The average molecular weight is 262 g/mol. The molecule has 0 saturated heterocycles. The Morgan fingerprint density at radius 2 is 1.40 bits per heavy atom. The molecule has 0 nitrogen and oxygen atoms in total. The summed E-state index contributed by atoms with van der Waals surface area (Å²) in [4.78, 5) is 0. The number of hydrogen-bond acceptors (Lipinski definition) is 0. The van der Waals surface area contributed by atoms with Crippen LogP contribution < -0.4 is 0 Å². The number of rotatable bonds is 0. The van der Waals surface area contributed by atoms with Gasteiger partial charge in [0.05, 0.1) is 0 Å². The van der Waals surface area contributed by atoms with E-state index in [-0.39, 0.29) is 0 Å². The van der Waals surface area contributed by atoms with E-state index in [0.29, 0.717) is 4.20 Å². The predicted octanol–water partition coefficient (Wildman–Crippen LogP) is 2.48. The van der Waals surface area contributed by atoms with Crippen LogP contribution in [0.25, 0.3) is 0 Å². The molecule has 2 aliphatic carbocycles. The molecular formula is C14H19As. The third-order valence-corrected chi connectivity index (χ3v) is 4.71. The molecule has 0 aliphatic heterocycles. The Bertz CT molecular complexity index is 367. The molecule has 80 valence electrons. The summed E-state index contributed by atoms with van der Waals surface area (Å²) in [6, 6.07) is 5.04. The first-order chi connectivity index (χ1) is 7.14. The van der Waals surface area contributed by atoms with Gasteiger partial charge >= 0.3 is 101 Å². The summed E-state index contributed by atoms with van der Waals surface area (Å²) in [6.07, 6.45) is 8.09. The molecule has 0 heterocycles. The molecule has 0 N–H and O–H groups in total. The molecular weight excluding hydrogens is 243 g/mol. The van der Waals surface area contributed by atoms with Crippen molar-refractivity contribution in [3.63, 3.8) is 0 Å². The summed E-state index contributed by atoms with van der Waals surface area (Å²) in [5.74, 6) is 0. The quantitative estimate of drug-likeness (QED) is 0.630. The second-order valence-corrected chi connectivity index (χ2v) is 8.53. The number of aryl methyl sites for hydroxylation is 2. The minimum atomic E-state index is 0.569. The van der Waals surface area contributed by atoms with Gasteiger partial charge in [-0.25, -0.2) is 0 Å². The van der Waals surface area contributed by atoms with Crippen LogP contribution in [0, 0.1) is 0 Å². The standard InChI is InChI=1S/C14H19As/c1-14(15)8-12-6-10-4-2-3-5-11(10)7-13(12)9-14/h6-7H,2-5,8-9,15H2,1H3. The monoisotopic (exact) mass is 262 g/mol. The molecule has 0 spiro atoms. The fourth-order valence-corrected chi connectivity index (χ4v) is 4.07. The number of fused-ring (bicyclic) bond motifs is 2. The first kappa shape index (κ1) is 9.97. The van der Waals surface area contributed by atoms with Crippen LogP contribution in [0.5, 0.6) is 0 Å². The van der Waals surface area contributed by atoms with Gasteiger partial charge in [-0.3, -0.25) is 0 Å². The Labute approximate surface area is 101 Å². The molecule has 15 heavy (non-hydrogen) atoms. The van der Waals surface area contributed by atoms with Crippen molar-refractivity contribution in [2.75, 3.05) is 0 Å². The summed E-state index contributed by atoms with van der Waals surface area (Å²) in [5, 5.41) is 0. The molecule has 0 aromatic heterocycles. The maximum atomic E-state index is 2.52. The SMILES string of the molecule is CC1([AsH2])Cc2cc3c(cc2C1)CCCC3. The van der Waals surface area contributed by atoms with Gasteiger partial charge in [-0.05, 0) is 0 Å². The van der Waals surface area contributed by atoms with E-state index in [0.717, 1.165) is 0 Å². The van der Waals surface area contributed by atoms with Crippen molar-refractivity contribution >= 4 is 16.9 Å². The van der Waals surface area contributed by atoms with Crippen molar-refractivity contribution < 1.29 is 0 Å². The Kier molecular flexibility index (Phi) is 2.25. The minimum absolute atomic E-state index is 0.569. The Balaban J connectivity index is 2.05. The molecule has 0 amide bonds. The first-order valence-electron chi connectivity index (χ1n) is 6.06. The molecule has 2 aliphatic rings. The van der Waals surface area contributed by atoms with Crippen LogP contribution in [0.4, 0.5) is 0 Å². The topological polar surface area (TPSA) is 0 Å². The fraction of sp³-hybridized carbons (Fsp3) is 0.571. The van der Waals surface area contributed by atoms with E-state index in [2.05, 4.69) is 19.1 Å². The third kappa shape index (κ3) is 1.78. The van der Waals surface area contributed by atoms with E-state index in [9.17, 15) is 0 Å². The Hall–Kier alpha value is -0.222. The average Bonchev–Trinajstić information content (AvgIpc) is 2.46. The van der Waals surface area contributed by atoms with Gasteiger partial charge in [-0.1, -0.05) is 0 Å². The zero-order chi connectivity index (χ0) is 10.5. The third-order valence-electron chi connectivity index (χ3n) is 3.85. The van der Waals surface area contributed by atoms with Crippen LogP contribution in [-0.4, -0.2) is 16.9 Å². The van der Waals surface area contributed by atoms with E-state index in [1.165, 1.54) is 38.5 Å². The van der Waals surface area contributed by atoms with Crippen molar-refractivity contribution in [2.45, 2.75) is 49.7 Å². The van der Waals surface area contributed by atoms with Crippen LogP contribution >= 0.6 is 0 Å². The number of benzene rings is 1. The summed E-state index contributed by atoms with van der Waals surface area (Å²) in [5.41, 5.74) is 6.63. The predicted molar refractivity (Wildman–Crippen MR) is 67.4 cm³/mol. The fourth-order valence-electron chi connectivity index (χ4n) is 3.15. The second-order valence-electron chi connectivity index (χ2n) is 5.60. The molecule has 0 fully saturated rings. The maximum absolute atomic E-state index is 2.52. The first-order valence-corrected chi connectivity index (χ1v) is 7.28. The van der Waals surface area contributed by atoms with Crippen molar-refractivity contribution in [3.8, 4) is 0 Å². The molecule has 1 heteroatoms. The molecule has 3 rings (SSSR count). The van der Waals surface area contributed by atoms with E-state index < -0.39 is 0 Å². The van der Waals surface area contributed by atoms with Gasteiger partial charge in [0, 0.05) is 0 Å². The molecule has 0 radical (unpaired) electrons. The molecule has 1 aromatic rings. The van der Waals surface area contributed by atoms with Crippen LogP contribution in [0.2, 0.25) is 4.20 Å². The van der Waals surface area contributed by atoms with Crippen molar-refractivity contribution in [2.24, 2.45) is 0 Å². The van der Waals surface area contributed by atoms with E-state index >= 15 is 0 Å². The summed E-state index contributed by atoms with van der Waals surface area (Å²) < 4.78 is 0.569. The molecule has 0 bridgehead atoms. The Morgan fingerprint density at radius 3 is 1.87 bits per heavy atom. The van der Waals surface area contributed by atoms with Gasteiger partial charge in [0.1, 0.15) is 0 Å². The van der Waals surface area contributed by atoms with Crippen LogP contribution in [0.15, 0.2) is 12.1 Å². The number of hydrogen-bond donors (Lipinski definition) is 0. The van der Waals surface area contributed by atoms with E-state index in [1.807, 2.05) is 16.9 Å². The van der Waals surface area contributed by atoms with Crippen LogP contribution in [-0.2, 0) is 25.7 Å². The van der Waals surface area contributed by atoms with Crippen molar-refractivity contribution in [1.82, 2.24) is 0 Å². The normalized spacial score (nSPS) is 22.3. The van der Waals surface area contributed by atoms with Gasteiger partial charge in [-0.15, -0.1) is 0 Å².